The molecule has 1 aliphatic rings. The van der Waals surface area contributed by atoms with E-state index in [1.54, 1.807) is 6.33 Å². The van der Waals surface area contributed by atoms with Crippen molar-refractivity contribution in [2.45, 2.75) is 45.1 Å². The normalized spacial score (nSPS) is 18.4. The van der Waals surface area contributed by atoms with Crippen molar-refractivity contribution in [3.8, 4) is 0 Å². The van der Waals surface area contributed by atoms with E-state index in [2.05, 4.69) is 28.3 Å². The highest BCUT2D eigenvalue weighted by atomic mass is 15.0. The third-order valence-corrected chi connectivity index (χ3v) is 4.26. The van der Waals surface area contributed by atoms with Gasteiger partial charge < -0.3 is 5.32 Å². The van der Waals surface area contributed by atoms with Gasteiger partial charge in [0.25, 0.3) is 0 Å². The van der Waals surface area contributed by atoms with Gasteiger partial charge in [0.1, 0.15) is 12.1 Å². The number of benzene rings is 1. The lowest BCUT2D eigenvalue weighted by molar-refractivity contribution is 0.328. The highest BCUT2D eigenvalue weighted by Gasteiger charge is 2.20. The van der Waals surface area contributed by atoms with Gasteiger partial charge in [0.05, 0.1) is 5.52 Å². The van der Waals surface area contributed by atoms with E-state index in [4.69, 9.17) is 0 Å². The molecule has 0 amide bonds. The molecular weight excluding hydrogens is 234 g/mol. The molecule has 0 saturated heterocycles. The molecule has 3 heteroatoms. The number of para-hydroxylation sites is 1. The van der Waals surface area contributed by atoms with Crippen LogP contribution in [0.1, 0.15) is 39.0 Å². The van der Waals surface area contributed by atoms with E-state index in [9.17, 15) is 0 Å². The average Bonchev–Trinajstić information content (AvgIpc) is 2.48. The number of nitrogens with zero attached hydrogens (tertiary/aromatic N) is 2. The summed E-state index contributed by atoms with van der Waals surface area (Å²) in [5, 5.41) is 4.72. The Morgan fingerprint density at radius 2 is 1.89 bits per heavy atom. The van der Waals surface area contributed by atoms with Crippen molar-refractivity contribution in [1.82, 2.24) is 9.97 Å². The first-order valence-corrected chi connectivity index (χ1v) is 7.31. The summed E-state index contributed by atoms with van der Waals surface area (Å²) in [5.41, 5.74) is 1.01. The van der Waals surface area contributed by atoms with E-state index in [0.29, 0.717) is 6.04 Å². The number of rotatable bonds is 3. The lowest BCUT2D eigenvalue weighted by Crippen LogP contribution is -2.28. The minimum atomic E-state index is 0.485. The number of anilines is 1. The average molecular weight is 255 g/mol. The fourth-order valence-corrected chi connectivity index (χ4v) is 3.09. The van der Waals surface area contributed by atoms with E-state index < -0.39 is 0 Å². The SMILES string of the molecule is C[C@@H](Nc1ncnc2ccccc12)C1CCCCC1. The van der Waals surface area contributed by atoms with Gasteiger partial charge in [-0.3, -0.25) is 0 Å². The molecule has 1 saturated carbocycles. The molecule has 3 rings (SSSR count). The van der Waals surface area contributed by atoms with E-state index in [1.165, 1.54) is 32.1 Å². The van der Waals surface area contributed by atoms with Crippen molar-refractivity contribution >= 4 is 16.7 Å². The number of hydrogen-bond acceptors (Lipinski definition) is 3. The first kappa shape index (κ1) is 12.4. The lowest BCUT2D eigenvalue weighted by Gasteiger charge is -2.28. The van der Waals surface area contributed by atoms with Crippen LogP contribution in [0.15, 0.2) is 30.6 Å². The van der Waals surface area contributed by atoms with Crippen LogP contribution in [-0.2, 0) is 0 Å². The second-order valence-corrected chi connectivity index (χ2v) is 5.57. The molecule has 0 aliphatic heterocycles. The molecule has 0 radical (unpaired) electrons. The van der Waals surface area contributed by atoms with Gasteiger partial charge in [0.15, 0.2) is 0 Å². The van der Waals surface area contributed by atoms with E-state index in [0.717, 1.165) is 22.6 Å². The molecule has 1 heterocycles. The Morgan fingerprint density at radius 3 is 2.74 bits per heavy atom. The van der Waals surface area contributed by atoms with Gasteiger partial charge >= 0.3 is 0 Å². The maximum Gasteiger partial charge on any atom is 0.137 e. The van der Waals surface area contributed by atoms with Gasteiger partial charge in [-0.25, -0.2) is 9.97 Å². The van der Waals surface area contributed by atoms with Crippen molar-refractivity contribution < 1.29 is 0 Å². The molecule has 2 aromatic rings. The summed E-state index contributed by atoms with van der Waals surface area (Å²) in [7, 11) is 0. The molecule has 1 atom stereocenters. The highest BCUT2D eigenvalue weighted by Crippen LogP contribution is 2.29. The largest absolute Gasteiger partial charge is 0.367 e. The molecular formula is C16H21N3. The molecule has 1 fully saturated rings. The maximum atomic E-state index is 4.42. The predicted octanol–water partition coefficient (Wildman–Crippen LogP) is 4.01. The second-order valence-electron chi connectivity index (χ2n) is 5.57. The first-order chi connectivity index (χ1) is 9.34. The minimum absolute atomic E-state index is 0.485. The van der Waals surface area contributed by atoms with Crippen molar-refractivity contribution in [3.63, 3.8) is 0 Å². The van der Waals surface area contributed by atoms with E-state index in [1.807, 2.05) is 18.2 Å². The predicted molar refractivity (Wildman–Crippen MR) is 79.2 cm³/mol. The van der Waals surface area contributed by atoms with Gasteiger partial charge in [-0.2, -0.15) is 0 Å². The molecule has 1 aliphatic carbocycles. The Morgan fingerprint density at radius 1 is 1.11 bits per heavy atom. The summed E-state index contributed by atoms with van der Waals surface area (Å²) in [6.45, 7) is 2.28. The van der Waals surface area contributed by atoms with E-state index >= 15 is 0 Å². The van der Waals surface area contributed by atoms with Crippen molar-refractivity contribution in [3.05, 3.63) is 30.6 Å². The van der Waals surface area contributed by atoms with Crippen LogP contribution < -0.4 is 5.32 Å². The molecule has 0 bridgehead atoms. The topological polar surface area (TPSA) is 37.8 Å². The number of fused-ring (bicyclic) bond motifs is 1. The molecule has 1 aromatic carbocycles. The fourth-order valence-electron chi connectivity index (χ4n) is 3.09. The second kappa shape index (κ2) is 5.55. The first-order valence-electron chi connectivity index (χ1n) is 7.31. The molecule has 100 valence electrons. The number of hydrogen-bond donors (Lipinski definition) is 1. The Bertz CT molecular complexity index is 541. The van der Waals surface area contributed by atoms with Crippen LogP contribution in [-0.4, -0.2) is 16.0 Å². The van der Waals surface area contributed by atoms with Crippen molar-refractivity contribution in [2.75, 3.05) is 5.32 Å². The van der Waals surface area contributed by atoms with Gasteiger partial charge in [-0.15, -0.1) is 0 Å². The summed E-state index contributed by atoms with van der Waals surface area (Å²) in [6.07, 6.45) is 8.49. The zero-order valence-electron chi connectivity index (χ0n) is 11.5. The Kier molecular flexibility index (Phi) is 3.62. The third-order valence-electron chi connectivity index (χ3n) is 4.26. The lowest BCUT2D eigenvalue weighted by atomic mass is 9.84. The van der Waals surface area contributed by atoms with Crippen LogP contribution in [0.2, 0.25) is 0 Å². The van der Waals surface area contributed by atoms with Crippen LogP contribution in [0.5, 0.6) is 0 Å². The van der Waals surface area contributed by atoms with Gasteiger partial charge in [-0.05, 0) is 37.8 Å². The molecule has 3 nitrogen and oxygen atoms in total. The van der Waals surface area contributed by atoms with Crippen molar-refractivity contribution in [2.24, 2.45) is 5.92 Å². The summed E-state index contributed by atoms with van der Waals surface area (Å²) >= 11 is 0. The van der Waals surface area contributed by atoms with Crippen LogP contribution in [0, 0.1) is 5.92 Å². The Labute approximate surface area is 114 Å². The van der Waals surface area contributed by atoms with Crippen LogP contribution in [0.25, 0.3) is 10.9 Å². The van der Waals surface area contributed by atoms with Gasteiger partial charge in [0.2, 0.25) is 0 Å². The van der Waals surface area contributed by atoms with Crippen LogP contribution in [0.4, 0.5) is 5.82 Å². The monoisotopic (exact) mass is 255 g/mol. The number of nitrogens with one attached hydrogen (secondary N) is 1. The van der Waals surface area contributed by atoms with Gasteiger partial charge in [0, 0.05) is 11.4 Å². The molecule has 19 heavy (non-hydrogen) atoms. The summed E-state index contributed by atoms with van der Waals surface area (Å²) < 4.78 is 0. The minimum Gasteiger partial charge on any atom is -0.367 e. The fraction of sp³-hybridized carbons (Fsp3) is 0.500. The van der Waals surface area contributed by atoms with Crippen molar-refractivity contribution in [1.29, 1.82) is 0 Å². The van der Waals surface area contributed by atoms with E-state index in [-0.39, 0.29) is 0 Å². The standard InChI is InChI=1S/C16H21N3/c1-12(13-7-3-2-4-8-13)19-16-14-9-5-6-10-15(14)17-11-18-16/h5-6,9-13H,2-4,7-8H2,1H3,(H,17,18,19)/t12-/m1/s1. The Hall–Kier alpha value is -1.64. The number of aromatic nitrogens is 2. The zero-order valence-corrected chi connectivity index (χ0v) is 11.5. The summed E-state index contributed by atoms with van der Waals surface area (Å²) in [4.78, 5) is 8.73. The third kappa shape index (κ3) is 2.70. The zero-order chi connectivity index (χ0) is 13.1. The van der Waals surface area contributed by atoms with Gasteiger partial charge in [-0.1, -0.05) is 31.4 Å². The highest BCUT2D eigenvalue weighted by molar-refractivity contribution is 5.88. The smallest absolute Gasteiger partial charge is 0.137 e. The molecule has 0 spiro atoms. The Balaban J connectivity index is 1.80. The van der Waals surface area contributed by atoms with Crippen LogP contribution in [0.3, 0.4) is 0 Å². The maximum absolute atomic E-state index is 4.42. The summed E-state index contributed by atoms with van der Waals surface area (Å²) in [5.74, 6) is 1.76. The molecule has 0 unspecified atom stereocenters. The summed E-state index contributed by atoms with van der Waals surface area (Å²) in [6, 6.07) is 8.67. The van der Waals surface area contributed by atoms with Crippen LogP contribution >= 0.6 is 0 Å². The molecule has 1 N–H and O–H groups in total. The molecule has 1 aromatic heterocycles. The quantitative estimate of drug-likeness (QED) is 0.900.